The Morgan fingerprint density at radius 2 is 1.24 bits per heavy atom. The molecular weight excluding hydrogens is 464 g/mol. The normalized spacial score (nSPS) is 15.7. The van der Waals surface area contributed by atoms with Crippen molar-refractivity contribution in [1.29, 1.82) is 0 Å². The van der Waals surface area contributed by atoms with Crippen LogP contribution in [0.15, 0.2) is 0 Å². The van der Waals surface area contributed by atoms with Crippen LogP contribution in [0.1, 0.15) is 135 Å². The molecule has 2 N–H and O–H groups in total. The molecule has 7 heteroatoms. The van der Waals surface area contributed by atoms with E-state index in [4.69, 9.17) is 4.74 Å². The van der Waals surface area contributed by atoms with Crippen molar-refractivity contribution in [3.05, 3.63) is 0 Å². The molecule has 1 unspecified atom stereocenters. The third kappa shape index (κ3) is 19.3. The van der Waals surface area contributed by atoms with E-state index in [1.807, 2.05) is 14.1 Å². The lowest BCUT2D eigenvalue weighted by Gasteiger charge is -2.34. The second-order valence-corrected chi connectivity index (χ2v) is 11.2. The van der Waals surface area contributed by atoms with E-state index in [2.05, 4.69) is 22.5 Å². The predicted molar refractivity (Wildman–Crippen MR) is 155 cm³/mol. The van der Waals surface area contributed by atoms with E-state index < -0.39 is 12.3 Å². The lowest BCUT2D eigenvalue weighted by molar-refractivity contribution is -0.0122. The fourth-order valence-electron chi connectivity index (χ4n) is 4.98. The van der Waals surface area contributed by atoms with Crippen molar-refractivity contribution >= 4 is 12.1 Å². The topological polar surface area (TPSA) is 73.9 Å². The fourth-order valence-corrected chi connectivity index (χ4v) is 4.98. The lowest BCUT2D eigenvalue weighted by Crippen LogP contribution is -2.51. The molecule has 0 radical (unpaired) electrons. The zero-order valence-electron chi connectivity index (χ0n) is 24.7. The van der Waals surface area contributed by atoms with Crippen molar-refractivity contribution < 1.29 is 14.3 Å². The Labute approximate surface area is 228 Å². The van der Waals surface area contributed by atoms with Gasteiger partial charge in [0.05, 0.1) is 0 Å². The third-order valence-corrected chi connectivity index (χ3v) is 7.31. The maximum absolute atomic E-state index is 12.7. The highest BCUT2D eigenvalue weighted by molar-refractivity contribution is 5.75. The molecule has 3 amide bonds. The molecule has 0 saturated carbocycles. The van der Waals surface area contributed by atoms with Crippen LogP contribution in [0.25, 0.3) is 0 Å². The van der Waals surface area contributed by atoms with Crippen molar-refractivity contribution in [3.63, 3.8) is 0 Å². The van der Waals surface area contributed by atoms with Crippen LogP contribution in [0.3, 0.4) is 0 Å². The number of nitrogens with zero attached hydrogens (tertiary/aromatic N) is 2. The van der Waals surface area contributed by atoms with Crippen molar-refractivity contribution in [3.8, 4) is 0 Å². The van der Waals surface area contributed by atoms with E-state index in [-0.39, 0.29) is 6.03 Å². The number of carbonyl (C=O) groups is 2. The average molecular weight is 525 g/mol. The van der Waals surface area contributed by atoms with E-state index in [1.165, 1.54) is 89.9 Å². The standard InChI is InChI=1S/C30H60N4O3/c1-4-5-6-7-8-9-10-11-12-13-14-15-16-17-18-20-24-31-29(35)34-27-21-19-23-28(34)37-30(36)32-25-22-26-33(2)3/h28H,4-27H2,1-3H3,(H,31,35)(H,32,36). The van der Waals surface area contributed by atoms with E-state index >= 15 is 0 Å². The number of alkyl carbamates (subject to hydrolysis) is 1. The molecule has 1 heterocycles. The molecule has 0 spiro atoms. The third-order valence-electron chi connectivity index (χ3n) is 7.31. The Bertz CT molecular complexity index is 559. The number of nitrogens with one attached hydrogen (secondary N) is 2. The van der Waals surface area contributed by atoms with Gasteiger partial charge in [-0.1, -0.05) is 103 Å². The average Bonchev–Trinajstić information content (AvgIpc) is 2.88. The summed E-state index contributed by atoms with van der Waals surface area (Å²) in [5, 5.41) is 5.84. The first-order chi connectivity index (χ1) is 18.0. The molecule has 1 saturated heterocycles. The quantitative estimate of drug-likeness (QED) is 0.144. The van der Waals surface area contributed by atoms with Crippen LogP contribution in [0.4, 0.5) is 9.59 Å². The van der Waals surface area contributed by atoms with Gasteiger partial charge >= 0.3 is 12.1 Å². The van der Waals surface area contributed by atoms with E-state index in [0.717, 1.165) is 38.6 Å². The first-order valence-electron chi connectivity index (χ1n) is 15.7. The van der Waals surface area contributed by atoms with Gasteiger partial charge in [0.25, 0.3) is 0 Å². The monoisotopic (exact) mass is 524 g/mol. The SMILES string of the molecule is CCCCCCCCCCCCCCCCCCNC(=O)N1CCCCC1OC(=O)NCCCN(C)C. The van der Waals surface area contributed by atoms with Crippen LogP contribution < -0.4 is 10.6 Å². The van der Waals surface area contributed by atoms with Gasteiger partial charge in [-0.05, 0) is 46.3 Å². The molecule has 1 atom stereocenters. The first kappa shape index (κ1) is 33.5. The Balaban J connectivity index is 1.99. The number of unbranched alkanes of at least 4 members (excludes halogenated alkanes) is 15. The second-order valence-electron chi connectivity index (χ2n) is 11.2. The summed E-state index contributed by atoms with van der Waals surface area (Å²) >= 11 is 0. The van der Waals surface area contributed by atoms with Crippen molar-refractivity contribution in [2.75, 3.05) is 40.3 Å². The van der Waals surface area contributed by atoms with Crippen LogP contribution in [0.5, 0.6) is 0 Å². The van der Waals surface area contributed by atoms with Crippen LogP contribution in [0, 0.1) is 0 Å². The molecule has 218 valence electrons. The Kier molecular flexibility index (Phi) is 21.4. The number of urea groups is 1. The zero-order valence-corrected chi connectivity index (χ0v) is 24.7. The van der Waals surface area contributed by atoms with E-state index in [9.17, 15) is 9.59 Å². The molecule has 7 nitrogen and oxygen atoms in total. The van der Waals surface area contributed by atoms with Crippen LogP contribution in [0.2, 0.25) is 0 Å². The first-order valence-corrected chi connectivity index (χ1v) is 15.7. The molecule has 0 aliphatic carbocycles. The minimum Gasteiger partial charge on any atom is -0.425 e. The highest BCUT2D eigenvalue weighted by Crippen LogP contribution is 2.18. The van der Waals surface area contributed by atoms with Crippen molar-refractivity contribution in [2.45, 2.75) is 142 Å². The highest BCUT2D eigenvalue weighted by atomic mass is 16.6. The summed E-state index contributed by atoms with van der Waals surface area (Å²) in [5.41, 5.74) is 0. The van der Waals surface area contributed by atoms with E-state index in [1.54, 1.807) is 4.90 Å². The number of amides is 3. The summed E-state index contributed by atoms with van der Waals surface area (Å²) in [4.78, 5) is 28.6. The Morgan fingerprint density at radius 3 is 1.78 bits per heavy atom. The van der Waals surface area contributed by atoms with Gasteiger partial charge in [-0.25, -0.2) is 9.59 Å². The molecule has 0 aromatic carbocycles. The Morgan fingerprint density at radius 1 is 0.730 bits per heavy atom. The zero-order chi connectivity index (χ0) is 27.0. The molecular formula is C30H60N4O3. The highest BCUT2D eigenvalue weighted by Gasteiger charge is 2.29. The maximum Gasteiger partial charge on any atom is 0.409 e. The second kappa shape index (κ2) is 23.6. The van der Waals surface area contributed by atoms with Crippen molar-refractivity contribution in [1.82, 2.24) is 20.4 Å². The molecule has 37 heavy (non-hydrogen) atoms. The number of rotatable bonds is 22. The van der Waals surface area contributed by atoms with Gasteiger partial charge in [0.15, 0.2) is 6.23 Å². The Hall–Kier alpha value is -1.50. The van der Waals surface area contributed by atoms with Crippen LogP contribution in [-0.4, -0.2) is 68.4 Å². The van der Waals surface area contributed by atoms with Gasteiger partial charge in [0.1, 0.15) is 0 Å². The van der Waals surface area contributed by atoms with Gasteiger partial charge in [-0.2, -0.15) is 0 Å². The van der Waals surface area contributed by atoms with Gasteiger partial charge in [-0.3, -0.25) is 4.90 Å². The smallest absolute Gasteiger partial charge is 0.409 e. The number of likely N-dealkylation sites (tertiary alicyclic amines) is 1. The molecule has 1 fully saturated rings. The molecule has 0 aromatic rings. The number of piperidine rings is 1. The van der Waals surface area contributed by atoms with Gasteiger partial charge in [0, 0.05) is 26.1 Å². The molecule has 0 aromatic heterocycles. The minimum absolute atomic E-state index is 0.105. The predicted octanol–water partition coefficient (Wildman–Crippen LogP) is 7.45. The van der Waals surface area contributed by atoms with Crippen LogP contribution in [-0.2, 0) is 4.74 Å². The fraction of sp³-hybridized carbons (Fsp3) is 0.933. The number of carbonyl (C=O) groups excluding carboxylic acids is 2. The summed E-state index contributed by atoms with van der Waals surface area (Å²) in [6, 6.07) is -0.105. The summed E-state index contributed by atoms with van der Waals surface area (Å²) < 4.78 is 5.57. The number of hydrogen-bond acceptors (Lipinski definition) is 4. The van der Waals surface area contributed by atoms with Gasteiger partial charge in [-0.15, -0.1) is 0 Å². The number of ether oxygens (including phenoxy) is 1. The molecule has 1 aliphatic heterocycles. The van der Waals surface area contributed by atoms with Gasteiger partial charge in [0.2, 0.25) is 0 Å². The van der Waals surface area contributed by atoms with Gasteiger partial charge < -0.3 is 20.3 Å². The summed E-state index contributed by atoms with van der Waals surface area (Å²) in [6.45, 7) is 5.11. The molecule has 0 bridgehead atoms. The molecule has 1 rings (SSSR count). The number of hydrogen-bond donors (Lipinski definition) is 2. The van der Waals surface area contributed by atoms with Crippen LogP contribution >= 0.6 is 0 Å². The van der Waals surface area contributed by atoms with Crippen molar-refractivity contribution in [2.24, 2.45) is 0 Å². The summed E-state index contributed by atoms with van der Waals surface area (Å²) in [7, 11) is 4.02. The lowest BCUT2D eigenvalue weighted by atomic mass is 10.0. The summed E-state index contributed by atoms with van der Waals surface area (Å²) in [6.07, 6.45) is 24.1. The maximum atomic E-state index is 12.7. The van der Waals surface area contributed by atoms with E-state index in [0.29, 0.717) is 26.1 Å². The largest absolute Gasteiger partial charge is 0.425 e. The summed E-state index contributed by atoms with van der Waals surface area (Å²) in [5.74, 6) is 0. The molecule has 1 aliphatic rings. The minimum atomic E-state index is -0.464.